The number of primary amides is 1. The van der Waals surface area contributed by atoms with E-state index in [-0.39, 0.29) is 5.91 Å². The molecule has 1 rings (SSSR count). The van der Waals surface area contributed by atoms with Gasteiger partial charge in [-0.2, -0.15) is 0 Å². The summed E-state index contributed by atoms with van der Waals surface area (Å²) >= 11 is 3.38. The molecule has 6 nitrogen and oxygen atoms in total. The van der Waals surface area contributed by atoms with Crippen molar-refractivity contribution in [3.05, 3.63) is 10.8 Å². The first-order valence-corrected chi connectivity index (χ1v) is 5.90. The van der Waals surface area contributed by atoms with Crippen molar-refractivity contribution in [1.29, 1.82) is 0 Å². The minimum atomic E-state index is -0.635. The zero-order valence-corrected chi connectivity index (χ0v) is 11.6. The number of nitrogens with two attached hydrogens (primary N) is 1. The Bertz CT molecular complexity index is 421. The van der Waals surface area contributed by atoms with Gasteiger partial charge in [0.25, 0.3) is 0 Å². The summed E-state index contributed by atoms with van der Waals surface area (Å²) in [4.78, 5) is 19.3. The monoisotopic (exact) mass is 301 g/mol. The molecule has 17 heavy (non-hydrogen) atoms. The fourth-order valence-corrected chi connectivity index (χ4v) is 1.60. The highest BCUT2D eigenvalue weighted by molar-refractivity contribution is 9.10. The van der Waals surface area contributed by atoms with Crippen molar-refractivity contribution in [1.82, 2.24) is 9.97 Å². The van der Waals surface area contributed by atoms with Crippen LogP contribution >= 0.6 is 15.9 Å². The third kappa shape index (κ3) is 3.29. The number of nitrogens with one attached hydrogen (secondary N) is 2. The molecule has 0 saturated carbocycles. The summed E-state index contributed by atoms with van der Waals surface area (Å²) < 4.78 is 0.725. The highest BCUT2D eigenvalue weighted by Crippen LogP contribution is 2.27. The second kappa shape index (κ2) is 5.31. The predicted molar refractivity (Wildman–Crippen MR) is 70.7 cm³/mol. The smallest absolute Gasteiger partial charge is 0.224 e. The van der Waals surface area contributed by atoms with Crippen molar-refractivity contribution < 1.29 is 4.79 Å². The van der Waals surface area contributed by atoms with Gasteiger partial charge in [-0.25, -0.2) is 9.97 Å². The lowest BCUT2D eigenvalue weighted by Gasteiger charge is -2.21. The van der Waals surface area contributed by atoms with Crippen LogP contribution in [0.1, 0.15) is 13.8 Å². The lowest BCUT2D eigenvalue weighted by Crippen LogP contribution is -2.37. The molecule has 1 aromatic rings. The molecule has 0 fully saturated rings. The summed E-state index contributed by atoms with van der Waals surface area (Å²) in [6.07, 6.45) is 1.44. The quantitative estimate of drug-likeness (QED) is 0.760. The van der Waals surface area contributed by atoms with Gasteiger partial charge in [-0.1, -0.05) is 0 Å². The van der Waals surface area contributed by atoms with E-state index in [0.717, 1.165) is 4.47 Å². The van der Waals surface area contributed by atoms with E-state index >= 15 is 0 Å². The average Bonchev–Trinajstić information content (AvgIpc) is 2.27. The fourth-order valence-electron chi connectivity index (χ4n) is 1.06. The molecule has 7 heteroatoms. The number of halogens is 1. The third-order valence-corrected chi connectivity index (χ3v) is 3.14. The molecule has 94 valence electrons. The first-order chi connectivity index (χ1) is 7.88. The minimum Gasteiger partial charge on any atom is -0.372 e. The van der Waals surface area contributed by atoms with Gasteiger partial charge in [-0.15, -0.1) is 0 Å². The van der Waals surface area contributed by atoms with E-state index in [2.05, 4.69) is 36.5 Å². The summed E-state index contributed by atoms with van der Waals surface area (Å²) in [7, 11) is 1.77. The van der Waals surface area contributed by atoms with Gasteiger partial charge in [0.15, 0.2) is 0 Å². The number of carbonyl (C=O) groups excluding carboxylic acids is 1. The van der Waals surface area contributed by atoms with E-state index in [1.807, 2.05) is 0 Å². The number of hydrogen-bond donors (Lipinski definition) is 3. The number of anilines is 2. The Morgan fingerprint density at radius 2 is 2.06 bits per heavy atom. The number of amides is 1. The Morgan fingerprint density at radius 3 is 2.59 bits per heavy atom. The average molecular weight is 302 g/mol. The maximum Gasteiger partial charge on any atom is 0.224 e. The van der Waals surface area contributed by atoms with Gasteiger partial charge < -0.3 is 16.4 Å². The summed E-state index contributed by atoms with van der Waals surface area (Å²) in [5, 5.41) is 6.00. The zero-order valence-electron chi connectivity index (χ0n) is 10.0. The molecule has 0 saturated heterocycles. The van der Waals surface area contributed by atoms with Gasteiger partial charge in [0.2, 0.25) is 5.91 Å². The van der Waals surface area contributed by atoms with Crippen LogP contribution in [-0.2, 0) is 4.79 Å². The number of carbonyl (C=O) groups is 1. The summed E-state index contributed by atoms with van der Waals surface area (Å²) in [5.74, 6) is 0.946. The highest BCUT2D eigenvalue weighted by atomic mass is 79.9. The Morgan fingerprint density at radius 1 is 1.47 bits per heavy atom. The minimum absolute atomic E-state index is 0.357. The van der Waals surface area contributed by atoms with Gasteiger partial charge in [0, 0.05) is 13.6 Å². The molecule has 4 N–H and O–H groups in total. The van der Waals surface area contributed by atoms with E-state index < -0.39 is 5.41 Å². The van der Waals surface area contributed by atoms with Crippen molar-refractivity contribution >= 4 is 33.5 Å². The van der Waals surface area contributed by atoms with E-state index in [1.54, 1.807) is 20.9 Å². The van der Waals surface area contributed by atoms with Gasteiger partial charge in [-0.3, -0.25) is 4.79 Å². The lowest BCUT2D eigenvalue weighted by molar-refractivity contribution is -0.125. The molecule has 1 heterocycles. The van der Waals surface area contributed by atoms with Crippen molar-refractivity contribution in [2.45, 2.75) is 13.8 Å². The summed E-state index contributed by atoms with van der Waals surface area (Å²) in [6.45, 7) is 3.95. The highest BCUT2D eigenvalue weighted by Gasteiger charge is 2.25. The van der Waals surface area contributed by atoms with E-state index in [4.69, 9.17) is 5.73 Å². The first-order valence-electron chi connectivity index (χ1n) is 5.10. The molecule has 1 amide bonds. The maximum atomic E-state index is 11.2. The van der Waals surface area contributed by atoms with Crippen LogP contribution in [0.15, 0.2) is 10.8 Å². The predicted octanol–water partition coefficient (Wildman–Crippen LogP) is 1.20. The standard InChI is InChI=1S/C10H16BrN5O/c1-10(2,9(12)17)4-14-8-6(11)7(13-3)15-5-16-8/h5H,4H2,1-3H3,(H2,12,17)(H2,13,14,15,16). The molecule has 1 aromatic heterocycles. The Balaban J connectivity index is 2.80. The molecule has 0 aliphatic heterocycles. The van der Waals surface area contributed by atoms with Crippen LogP contribution in [0.3, 0.4) is 0 Å². The zero-order chi connectivity index (χ0) is 13.1. The molecule has 0 radical (unpaired) electrons. The SMILES string of the molecule is CNc1ncnc(NCC(C)(C)C(N)=O)c1Br. The molecule has 0 aliphatic rings. The molecule has 0 atom stereocenters. The Kier molecular flexibility index (Phi) is 4.28. The molecule has 0 aromatic carbocycles. The number of rotatable bonds is 5. The molecule has 0 spiro atoms. The number of nitrogens with zero attached hydrogens (tertiary/aromatic N) is 2. The number of hydrogen-bond acceptors (Lipinski definition) is 5. The van der Waals surface area contributed by atoms with Crippen LogP contribution in [0.5, 0.6) is 0 Å². The van der Waals surface area contributed by atoms with Crippen LogP contribution in [-0.4, -0.2) is 29.5 Å². The van der Waals surface area contributed by atoms with E-state index in [1.165, 1.54) is 6.33 Å². The second-order valence-electron chi connectivity index (χ2n) is 4.24. The van der Waals surface area contributed by atoms with Crippen molar-refractivity contribution in [3.63, 3.8) is 0 Å². The first kappa shape index (κ1) is 13.7. The van der Waals surface area contributed by atoms with Crippen LogP contribution in [0.2, 0.25) is 0 Å². The second-order valence-corrected chi connectivity index (χ2v) is 5.03. The third-order valence-electron chi connectivity index (χ3n) is 2.39. The molecule has 0 bridgehead atoms. The molecular formula is C10H16BrN5O. The maximum absolute atomic E-state index is 11.2. The Hall–Kier alpha value is -1.37. The van der Waals surface area contributed by atoms with Gasteiger partial charge >= 0.3 is 0 Å². The van der Waals surface area contributed by atoms with Gasteiger partial charge in [-0.05, 0) is 29.8 Å². The largest absolute Gasteiger partial charge is 0.372 e. The molecule has 0 unspecified atom stereocenters. The van der Waals surface area contributed by atoms with Crippen LogP contribution in [0.4, 0.5) is 11.6 Å². The fraction of sp³-hybridized carbons (Fsp3) is 0.500. The summed E-state index contributed by atoms with van der Waals surface area (Å²) in [6, 6.07) is 0. The normalized spacial score (nSPS) is 11.1. The van der Waals surface area contributed by atoms with E-state index in [0.29, 0.717) is 18.2 Å². The van der Waals surface area contributed by atoms with Crippen molar-refractivity contribution in [3.8, 4) is 0 Å². The summed E-state index contributed by atoms with van der Waals surface area (Å²) in [5.41, 5.74) is 4.66. The van der Waals surface area contributed by atoms with Crippen LogP contribution in [0.25, 0.3) is 0 Å². The number of aromatic nitrogens is 2. The Labute approximate surface area is 109 Å². The topological polar surface area (TPSA) is 92.9 Å². The van der Waals surface area contributed by atoms with E-state index in [9.17, 15) is 4.79 Å². The van der Waals surface area contributed by atoms with Crippen molar-refractivity contribution in [2.75, 3.05) is 24.2 Å². The molecule has 0 aliphatic carbocycles. The lowest BCUT2D eigenvalue weighted by atomic mass is 9.93. The van der Waals surface area contributed by atoms with Crippen LogP contribution in [0, 0.1) is 5.41 Å². The molecular weight excluding hydrogens is 286 g/mol. The van der Waals surface area contributed by atoms with Crippen LogP contribution < -0.4 is 16.4 Å². The van der Waals surface area contributed by atoms with Crippen molar-refractivity contribution in [2.24, 2.45) is 11.1 Å². The van der Waals surface area contributed by atoms with Gasteiger partial charge in [0.05, 0.1) is 5.41 Å². The van der Waals surface area contributed by atoms with Gasteiger partial charge in [0.1, 0.15) is 22.4 Å².